The van der Waals surface area contributed by atoms with Crippen molar-refractivity contribution in [3.05, 3.63) is 48.5 Å². The van der Waals surface area contributed by atoms with Gasteiger partial charge in [0.1, 0.15) is 18.1 Å². The quantitative estimate of drug-likeness (QED) is 0.0685. The van der Waals surface area contributed by atoms with Crippen LogP contribution in [0.15, 0.2) is 42.7 Å². The number of hydrogen-bond acceptors (Lipinski definition) is 0. The highest BCUT2D eigenvalue weighted by Gasteiger charge is 2.18. The molecule has 0 spiro atoms. The summed E-state index contributed by atoms with van der Waals surface area (Å²) in [5, 5.41) is 0. The van der Waals surface area contributed by atoms with E-state index in [9.17, 15) is 0 Å². The van der Waals surface area contributed by atoms with Gasteiger partial charge in [-0.3, -0.25) is 0 Å². The summed E-state index contributed by atoms with van der Waals surface area (Å²) < 4.78 is 5.01. The van der Waals surface area contributed by atoms with Gasteiger partial charge >= 0.3 is 0 Å². The van der Waals surface area contributed by atoms with Gasteiger partial charge in [0, 0.05) is 6.42 Å². The van der Waals surface area contributed by atoms with E-state index >= 15 is 0 Å². The number of rotatable bonds is 29. The minimum Gasteiger partial charge on any atom is -0.234 e. The molecule has 0 unspecified atom stereocenters. The standard InChI is InChI=1S/C39H69N2/c1-3-5-7-9-11-13-15-16-17-18-19-21-23-25-30-34-39-40(36-37-41(39)38-32-28-27-29-33-38)35-31-26-24-22-20-14-12-10-8-6-4-2/h27-29,32-33,36-37H,3-26,30-31,34-35H2,1-2H3/q+1. The zero-order chi connectivity index (χ0) is 29.1. The van der Waals surface area contributed by atoms with Crippen LogP contribution in [0.2, 0.25) is 0 Å². The van der Waals surface area contributed by atoms with Gasteiger partial charge in [0.2, 0.25) is 0 Å². The Labute approximate surface area is 256 Å². The van der Waals surface area contributed by atoms with Gasteiger partial charge in [-0.15, -0.1) is 0 Å². The summed E-state index contributed by atoms with van der Waals surface area (Å²) in [6, 6.07) is 11.0. The van der Waals surface area contributed by atoms with Gasteiger partial charge in [0.15, 0.2) is 0 Å². The monoisotopic (exact) mass is 566 g/mol. The van der Waals surface area contributed by atoms with Gasteiger partial charge in [-0.25, -0.2) is 4.57 Å². The average Bonchev–Trinajstić information content (AvgIpc) is 3.40. The van der Waals surface area contributed by atoms with Crippen LogP contribution in [0.1, 0.15) is 187 Å². The van der Waals surface area contributed by atoms with Gasteiger partial charge in [-0.05, 0) is 31.4 Å². The van der Waals surface area contributed by atoms with Crippen LogP contribution in [0.25, 0.3) is 5.69 Å². The molecule has 0 radical (unpaired) electrons. The molecular formula is C39H69N2+. The predicted octanol–water partition coefficient (Wildman–Crippen LogP) is 12.5. The molecule has 2 rings (SSSR count). The zero-order valence-corrected chi connectivity index (χ0v) is 27.7. The molecule has 0 amide bonds. The minimum atomic E-state index is 1.17. The normalized spacial score (nSPS) is 11.5. The SMILES string of the molecule is CCCCCCCCCCCCCCCCCc1n(-c2ccccc2)cc[n+]1CCCCCCCCCCCCC. The summed E-state index contributed by atoms with van der Waals surface area (Å²) in [7, 11) is 0. The Kier molecular flexibility index (Phi) is 22.7. The first-order valence-electron chi connectivity index (χ1n) is 18.5. The van der Waals surface area contributed by atoms with E-state index in [0.29, 0.717) is 0 Å². The molecule has 0 N–H and O–H groups in total. The molecule has 1 heterocycles. The molecule has 1 aromatic heterocycles. The maximum Gasteiger partial charge on any atom is 0.261 e. The number of unbranched alkanes of at least 4 members (excludes halogenated alkanes) is 24. The maximum atomic E-state index is 2.56. The summed E-state index contributed by atoms with van der Waals surface area (Å²) in [6.45, 7) is 5.78. The highest BCUT2D eigenvalue weighted by Crippen LogP contribution is 2.16. The number of nitrogens with zero attached hydrogens (tertiary/aromatic N) is 2. The van der Waals surface area contributed by atoms with E-state index in [1.54, 1.807) is 0 Å². The van der Waals surface area contributed by atoms with Gasteiger partial charge < -0.3 is 0 Å². The van der Waals surface area contributed by atoms with E-state index in [1.165, 1.54) is 191 Å². The summed E-state index contributed by atoms with van der Waals surface area (Å²) in [5.41, 5.74) is 1.31. The molecule has 234 valence electrons. The summed E-state index contributed by atoms with van der Waals surface area (Å²) >= 11 is 0. The van der Waals surface area contributed by atoms with Gasteiger partial charge in [-0.2, -0.15) is 4.57 Å². The molecule has 0 aliphatic heterocycles. The second-order valence-corrected chi connectivity index (χ2v) is 12.8. The minimum absolute atomic E-state index is 1.17. The average molecular weight is 566 g/mol. The smallest absolute Gasteiger partial charge is 0.234 e. The highest BCUT2D eigenvalue weighted by atomic mass is 15.1. The van der Waals surface area contributed by atoms with Gasteiger partial charge in [0.05, 0.1) is 6.54 Å². The third-order valence-corrected chi connectivity index (χ3v) is 9.05. The Hall–Kier alpha value is -1.57. The Bertz CT molecular complexity index is 808. The third-order valence-electron chi connectivity index (χ3n) is 9.05. The van der Waals surface area contributed by atoms with E-state index in [2.05, 4.69) is 65.7 Å². The second-order valence-electron chi connectivity index (χ2n) is 12.8. The second kappa shape index (κ2) is 26.1. The van der Waals surface area contributed by atoms with Crippen LogP contribution >= 0.6 is 0 Å². The fraction of sp³-hybridized carbons (Fsp3) is 0.769. The Balaban J connectivity index is 1.59. The van der Waals surface area contributed by atoms with Crippen molar-refractivity contribution in [2.75, 3.05) is 0 Å². The molecule has 1 aromatic carbocycles. The van der Waals surface area contributed by atoms with Gasteiger partial charge in [0.25, 0.3) is 5.82 Å². The van der Waals surface area contributed by atoms with Gasteiger partial charge in [-0.1, -0.05) is 180 Å². The van der Waals surface area contributed by atoms with Crippen molar-refractivity contribution < 1.29 is 4.57 Å². The van der Waals surface area contributed by atoms with Crippen LogP contribution in [0, 0.1) is 0 Å². The van der Waals surface area contributed by atoms with Crippen molar-refractivity contribution in [1.82, 2.24) is 4.57 Å². The molecule has 2 nitrogen and oxygen atoms in total. The Morgan fingerprint density at radius 3 is 1.29 bits per heavy atom. The molecular weight excluding hydrogens is 496 g/mol. The van der Waals surface area contributed by atoms with Crippen molar-refractivity contribution in [1.29, 1.82) is 0 Å². The van der Waals surface area contributed by atoms with Crippen molar-refractivity contribution in [2.45, 2.75) is 194 Å². The van der Waals surface area contributed by atoms with E-state index in [1.807, 2.05) is 0 Å². The topological polar surface area (TPSA) is 8.81 Å². The Morgan fingerprint density at radius 2 is 0.854 bits per heavy atom. The maximum absolute atomic E-state index is 2.56. The number of aromatic nitrogens is 2. The van der Waals surface area contributed by atoms with E-state index < -0.39 is 0 Å². The van der Waals surface area contributed by atoms with Crippen LogP contribution in [-0.2, 0) is 13.0 Å². The van der Waals surface area contributed by atoms with E-state index in [-0.39, 0.29) is 0 Å². The first-order chi connectivity index (χ1) is 20.4. The molecule has 0 aliphatic carbocycles. The number of para-hydroxylation sites is 1. The van der Waals surface area contributed by atoms with Crippen LogP contribution in [0.3, 0.4) is 0 Å². The lowest BCUT2D eigenvalue weighted by molar-refractivity contribution is -0.704. The molecule has 41 heavy (non-hydrogen) atoms. The van der Waals surface area contributed by atoms with Crippen molar-refractivity contribution in [2.24, 2.45) is 0 Å². The fourth-order valence-electron chi connectivity index (χ4n) is 6.35. The van der Waals surface area contributed by atoms with Crippen LogP contribution in [0.4, 0.5) is 0 Å². The number of hydrogen-bond donors (Lipinski definition) is 0. The van der Waals surface area contributed by atoms with Crippen LogP contribution in [-0.4, -0.2) is 4.57 Å². The first kappa shape index (κ1) is 35.6. The van der Waals surface area contributed by atoms with Crippen molar-refractivity contribution >= 4 is 0 Å². The van der Waals surface area contributed by atoms with Crippen LogP contribution in [0.5, 0.6) is 0 Å². The molecule has 0 saturated carbocycles. The van der Waals surface area contributed by atoms with Crippen molar-refractivity contribution in [3.63, 3.8) is 0 Å². The molecule has 2 heteroatoms. The number of imidazole rings is 1. The summed E-state index contributed by atoms with van der Waals surface area (Å²) in [4.78, 5) is 0. The lowest BCUT2D eigenvalue weighted by Crippen LogP contribution is -2.37. The molecule has 2 aromatic rings. The van der Waals surface area contributed by atoms with E-state index in [0.717, 1.165) is 0 Å². The van der Waals surface area contributed by atoms with Crippen LogP contribution < -0.4 is 4.57 Å². The fourth-order valence-corrected chi connectivity index (χ4v) is 6.35. The largest absolute Gasteiger partial charge is 0.261 e. The summed E-state index contributed by atoms with van der Waals surface area (Å²) in [5.74, 6) is 1.50. The lowest BCUT2D eigenvalue weighted by Gasteiger charge is -2.07. The molecule has 0 saturated heterocycles. The third kappa shape index (κ3) is 17.9. The zero-order valence-electron chi connectivity index (χ0n) is 27.7. The number of benzene rings is 1. The van der Waals surface area contributed by atoms with Crippen molar-refractivity contribution in [3.8, 4) is 5.69 Å². The molecule has 0 aliphatic rings. The molecule has 0 fully saturated rings. The molecule has 0 bridgehead atoms. The lowest BCUT2D eigenvalue weighted by atomic mass is 10.0. The predicted molar refractivity (Wildman–Crippen MR) is 181 cm³/mol. The highest BCUT2D eigenvalue weighted by molar-refractivity contribution is 5.31. The number of aryl methyl sites for hydroxylation is 1. The molecule has 0 atom stereocenters. The van der Waals surface area contributed by atoms with E-state index in [4.69, 9.17) is 0 Å². The first-order valence-corrected chi connectivity index (χ1v) is 18.5. The Morgan fingerprint density at radius 1 is 0.463 bits per heavy atom. The summed E-state index contributed by atoms with van der Waals surface area (Å²) in [6.07, 6.45) is 42.8.